The van der Waals surface area contributed by atoms with Gasteiger partial charge in [-0.25, -0.2) is 9.37 Å². The summed E-state index contributed by atoms with van der Waals surface area (Å²) in [6.45, 7) is 0. The highest BCUT2D eigenvalue weighted by Gasteiger charge is 2.18. The van der Waals surface area contributed by atoms with Crippen molar-refractivity contribution in [2.75, 3.05) is 5.73 Å². The Hall–Kier alpha value is -1.65. The van der Waals surface area contributed by atoms with Crippen molar-refractivity contribution in [3.63, 3.8) is 0 Å². The Morgan fingerprint density at radius 2 is 2.12 bits per heavy atom. The number of amides is 1. The van der Waals surface area contributed by atoms with E-state index in [0.717, 1.165) is 37.9 Å². The van der Waals surface area contributed by atoms with E-state index in [9.17, 15) is 9.18 Å². The minimum atomic E-state index is -0.548. The number of nitrogen functional groups attached to an aromatic ring is 1. The third-order valence-corrected chi connectivity index (χ3v) is 3.07. The molecule has 1 saturated carbocycles. The minimum absolute atomic E-state index is 0.0692. The van der Waals surface area contributed by atoms with Crippen molar-refractivity contribution in [1.29, 1.82) is 0 Å². The van der Waals surface area contributed by atoms with Crippen molar-refractivity contribution in [3.8, 4) is 0 Å². The Balaban J connectivity index is 2.05. The molecule has 92 valence electrons. The fraction of sp³-hybridized carbons (Fsp3) is 0.500. The van der Waals surface area contributed by atoms with Gasteiger partial charge in [-0.15, -0.1) is 0 Å². The predicted octanol–water partition coefficient (Wildman–Crippen LogP) is 1.87. The second kappa shape index (κ2) is 5.12. The zero-order valence-electron chi connectivity index (χ0n) is 9.58. The third kappa shape index (κ3) is 2.93. The van der Waals surface area contributed by atoms with Gasteiger partial charge in [0, 0.05) is 6.04 Å². The molecule has 1 aliphatic rings. The molecule has 5 heteroatoms. The maximum Gasteiger partial charge on any atom is 0.255 e. The molecule has 0 aromatic carbocycles. The Kier molecular flexibility index (Phi) is 3.56. The van der Waals surface area contributed by atoms with Crippen LogP contribution in [0.4, 0.5) is 10.2 Å². The highest BCUT2D eigenvalue weighted by molar-refractivity contribution is 5.98. The van der Waals surface area contributed by atoms with Gasteiger partial charge in [-0.3, -0.25) is 4.79 Å². The van der Waals surface area contributed by atoms with Crippen molar-refractivity contribution in [2.24, 2.45) is 0 Å². The summed E-state index contributed by atoms with van der Waals surface area (Å²) in [6, 6.07) is 1.31. The monoisotopic (exact) mass is 237 g/mol. The minimum Gasteiger partial charge on any atom is -0.383 e. The molecule has 0 atom stereocenters. The molecule has 2 rings (SSSR count). The fourth-order valence-corrected chi connectivity index (χ4v) is 2.14. The van der Waals surface area contributed by atoms with Crippen LogP contribution >= 0.6 is 0 Å². The fourth-order valence-electron chi connectivity index (χ4n) is 2.14. The molecule has 3 N–H and O–H groups in total. The third-order valence-electron chi connectivity index (χ3n) is 3.07. The van der Waals surface area contributed by atoms with Gasteiger partial charge in [-0.2, -0.15) is 0 Å². The molecule has 0 spiro atoms. The van der Waals surface area contributed by atoms with Crippen LogP contribution in [0.15, 0.2) is 12.3 Å². The average molecular weight is 237 g/mol. The number of hydrogen-bond donors (Lipinski definition) is 2. The first kappa shape index (κ1) is 11.8. The first-order valence-electron chi connectivity index (χ1n) is 5.88. The molecule has 1 heterocycles. The van der Waals surface area contributed by atoms with Gasteiger partial charge in [-0.1, -0.05) is 19.3 Å². The lowest BCUT2D eigenvalue weighted by Gasteiger charge is -2.22. The number of aromatic nitrogens is 1. The molecule has 1 amide bonds. The zero-order chi connectivity index (χ0) is 12.3. The largest absolute Gasteiger partial charge is 0.383 e. The number of hydrogen-bond acceptors (Lipinski definition) is 3. The zero-order valence-corrected chi connectivity index (χ0v) is 9.58. The first-order chi connectivity index (χ1) is 8.16. The van der Waals surface area contributed by atoms with Crippen LogP contribution in [-0.2, 0) is 0 Å². The summed E-state index contributed by atoms with van der Waals surface area (Å²) >= 11 is 0. The lowest BCUT2D eigenvalue weighted by atomic mass is 9.95. The molecule has 1 fully saturated rings. The summed E-state index contributed by atoms with van der Waals surface area (Å²) in [5.74, 6) is -0.811. The van der Waals surface area contributed by atoms with E-state index in [1.165, 1.54) is 6.42 Å². The Bertz CT molecular complexity index is 416. The van der Waals surface area contributed by atoms with Crippen molar-refractivity contribution in [2.45, 2.75) is 38.1 Å². The van der Waals surface area contributed by atoms with Crippen LogP contribution in [0.2, 0.25) is 0 Å². The number of halogens is 1. The van der Waals surface area contributed by atoms with Gasteiger partial charge in [-0.05, 0) is 18.9 Å². The van der Waals surface area contributed by atoms with E-state index in [1.807, 2.05) is 0 Å². The summed E-state index contributed by atoms with van der Waals surface area (Å²) in [7, 11) is 0. The molecule has 4 nitrogen and oxygen atoms in total. The van der Waals surface area contributed by atoms with Crippen LogP contribution in [0.25, 0.3) is 0 Å². The van der Waals surface area contributed by atoms with Crippen LogP contribution in [0.5, 0.6) is 0 Å². The van der Waals surface area contributed by atoms with E-state index in [4.69, 9.17) is 5.73 Å². The van der Waals surface area contributed by atoms with E-state index in [1.54, 1.807) is 0 Å². The van der Waals surface area contributed by atoms with Crippen molar-refractivity contribution in [1.82, 2.24) is 10.3 Å². The molecule has 0 bridgehead atoms. The van der Waals surface area contributed by atoms with Gasteiger partial charge in [0.25, 0.3) is 5.91 Å². The number of nitrogens with two attached hydrogens (primary N) is 1. The quantitative estimate of drug-likeness (QED) is 0.825. The van der Waals surface area contributed by atoms with Crippen LogP contribution in [0.3, 0.4) is 0 Å². The summed E-state index contributed by atoms with van der Waals surface area (Å²) < 4.78 is 13.0. The van der Waals surface area contributed by atoms with E-state index < -0.39 is 5.82 Å². The number of rotatable bonds is 2. The SMILES string of the molecule is Nc1ncc(F)cc1C(=O)NC1CCCCC1. The summed E-state index contributed by atoms with van der Waals surface area (Å²) in [5, 5.41) is 2.88. The van der Waals surface area contributed by atoms with Crippen molar-refractivity contribution < 1.29 is 9.18 Å². The molecular formula is C12H16FN3O. The van der Waals surface area contributed by atoms with Gasteiger partial charge in [0.05, 0.1) is 11.8 Å². The molecular weight excluding hydrogens is 221 g/mol. The molecule has 1 aromatic rings. The van der Waals surface area contributed by atoms with Gasteiger partial charge in [0.1, 0.15) is 11.6 Å². The molecule has 0 unspecified atom stereocenters. The molecule has 17 heavy (non-hydrogen) atoms. The first-order valence-corrected chi connectivity index (χ1v) is 5.88. The Labute approximate surface area is 99.4 Å². The van der Waals surface area contributed by atoms with E-state index >= 15 is 0 Å². The summed E-state index contributed by atoms with van der Waals surface area (Å²) in [6.07, 6.45) is 6.44. The maximum atomic E-state index is 13.0. The number of nitrogens with one attached hydrogen (secondary N) is 1. The molecule has 0 saturated heterocycles. The van der Waals surface area contributed by atoms with Crippen molar-refractivity contribution in [3.05, 3.63) is 23.6 Å². The molecule has 0 aliphatic heterocycles. The lowest BCUT2D eigenvalue weighted by molar-refractivity contribution is 0.0928. The Morgan fingerprint density at radius 1 is 1.41 bits per heavy atom. The molecule has 1 aliphatic carbocycles. The highest BCUT2D eigenvalue weighted by atomic mass is 19.1. The highest BCUT2D eigenvalue weighted by Crippen LogP contribution is 2.18. The van der Waals surface area contributed by atoms with Crippen LogP contribution < -0.4 is 11.1 Å². The number of anilines is 1. The molecule has 1 aromatic heterocycles. The van der Waals surface area contributed by atoms with Gasteiger partial charge in [0.2, 0.25) is 0 Å². The lowest BCUT2D eigenvalue weighted by Crippen LogP contribution is -2.36. The van der Waals surface area contributed by atoms with E-state index in [2.05, 4.69) is 10.3 Å². The van der Waals surface area contributed by atoms with Crippen LogP contribution in [0.1, 0.15) is 42.5 Å². The Morgan fingerprint density at radius 3 is 2.82 bits per heavy atom. The van der Waals surface area contributed by atoms with Gasteiger partial charge < -0.3 is 11.1 Å². The molecule has 0 radical (unpaired) electrons. The van der Waals surface area contributed by atoms with Gasteiger partial charge >= 0.3 is 0 Å². The second-order valence-electron chi connectivity index (χ2n) is 4.39. The normalized spacial score (nSPS) is 16.8. The smallest absolute Gasteiger partial charge is 0.255 e. The topological polar surface area (TPSA) is 68.0 Å². The standard InChI is InChI=1S/C12H16FN3O/c13-8-6-10(11(14)15-7-8)12(17)16-9-4-2-1-3-5-9/h6-7,9H,1-5H2,(H2,14,15)(H,16,17). The van der Waals surface area contributed by atoms with Crippen LogP contribution in [-0.4, -0.2) is 16.9 Å². The number of carbonyl (C=O) groups is 1. The number of pyridine rings is 1. The summed E-state index contributed by atoms with van der Waals surface area (Å²) in [5.41, 5.74) is 5.68. The number of carbonyl (C=O) groups excluding carboxylic acids is 1. The van der Waals surface area contributed by atoms with E-state index in [-0.39, 0.29) is 23.3 Å². The second-order valence-corrected chi connectivity index (χ2v) is 4.39. The summed E-state index contributed by atoms with van der Waals surface area (Å²) in [4.78, 5) is 15.5. The predicted molar refractivity (Wildman–Crippen MR) is 62.9 cm³/mol. The average Bonchev–Trinajstić information content (AvgIpc) is 2.33. The van der Waals surface area contributed by atoms with Gasteiger partial charge in [0.15, 0.2) is 0 Å². The number of nitrogens with zero attached hydrogens (tertiary/aromatic N) is 1. The van der Waals surface area contributed by atoms with Crippen LogP contribution in [0, 0.1) is 5.82 Å². The van der Waals surface area contributed by atoms with Crippen molar-refractivity contribution >= 4 is 11.7 Å². The van der Waals surface area contributed by atoms with E-state index in [0.29, 0.717) is 0 Å². The maximum absolute atomic E-state index is 13.0.